The molecule has 140 valence electrons. The number of para-hydroxylation sites is 1. The van der Waals surface area contributed by atoms with Gasteiger partial charge in [-0.2, -0.15) is 0 Å². The first-order chi connectivity index (χ1) is 12.4. The standard InChI is InChI=1S/C20H24FNO4/c1-4-7-13(2)17-12-14(3)18(20(24)26-17)19(23)22-10-11-25-16-9-6-5-8-15(16)21/h5-6,8-9,12-13H,4,7,10-11H2,1-3H3,(H,22,23). The highest BCUT2D eigenvalue weighted by Crippen LogP contribution is 2.21. The number of benzene rings is 1. The van der Waals surface area contributed by atoms with Crippen LogP contribution in [0.5, 0.6) is 5.75 Å². The van der Waals surface area contributed by atoms with Crippen molar-refractivity contribution >= 4 is 5.91 Å². The highest BCUT2D eigenvalue weighted by atomic mass is 19.1. The van der Waals surface area contributed by atoms with Crippen LogP contribution in [0.4, 0.5) is 4.39 Å². The van der Waals surface area contributed by atoms with E-state index in [0.29, 0.717) is 11.3 Å². The third-order valence-corrected chi connectivity index (χ3v) is 4.08. The van der Waals surface area contributed by atoms with Crippen LogP contribution in [0.2, 0.25) is 0 Å². The summed E-state index contributed by atoms with van der Waals surface area (Å²) in [4.78, 5) is 24.5. The molecule has 0 radical (unpaired) electrons. The molecule has 26 heavy (non-hydrogen) atoms. The number of carbonyl (C=O) groups excluding carboxylic acids is 1. The monoisotopic (exact) mass is 361 g/mol. The largest absolute Gasteiger partial charge is 0.489 e. The number of nitrogens with one attached hydrogen (secondary N) is 1. The number of carbonyl (C=O) groups is 1. The predicted octanol–water partition coefficient (Wildman–Crippen LogP) is 3.80. The minimum Gasteiger partial charge on any atom is -0.489 e. The van der Waals surface area contributed by atoms with Crippen LogP contribution in [0.3, 0.4) is 0 Å². The predicted molar refractivity (Wildman–Crippen MR) is 97.3 cm³/mol. The van der Waals surface area contributed by atoms with Crippen LogP contribution in [0.1, 0.15) is 54.3 Å². The topological polar surface area (TPSA) is 68.5 Å². The second-order valence-corrected chi connectivity index (χ2v) is 6.22. The van der Waals surface area contributed by atoms with E-state index in [-0.39, 0.29) is 30.4 Å². The highest BCUT2D eigenvalue weighted by Gasteiger charge is 2.18. The molecule has 1 heterocycles. The van der Waals surface area contributed by atoms with Gasteiger partial charge in [-0.15, -0.1) is 0 Å². The zero-order valence-electron chi connectivity index (χ0n) is 15.3. The maximum Gasteiger partial charge on any atom is 0.349 e. The quantitative estimate of drug-likeness (QED) is 0.726. The van der Waals surface area contributed by atoms with Crippen molar-refractivity contribution in [3.63, 3.8) is 0 Å². The fraction of sp³-hybridized carbons (Fsp3) is 0.400. The molecule has 1 aromatic heterocycles. The van der Waals surface area contributed by atoms with Gasteiger partial charge in [0.15, 0.2) is 11.6 Å². The number of halogens is 1. The second kappa shape index (κ2) is 9.17. The lowest BCUT2D eigenvalue weighted by molar-refractivity contribution is 0.0941. The molecular weight excluding hydrogens is 337 g/mol. The number of rotatable bonds is 8. The molecule has 5 nitrogen and oxygen atoms in total. The summed E-state index contributed by atoms with van der Waals surface area (Å²) < 4.78 is 24.0. The van der Waals surface area contributed by atoms with Gasteiger partial charge in [0, 0.05) is 5.92 Å². The first-order valence-corrected chi connectivity index (χ1v) is 8.74. The van der Waals surface area contributed by atoms with Crippen LogP contribution < -0.4 is 15.7 Å². The molecule has 1 unspecified atom stereocenters. The van der Waals surface area contributed by atoms with Gasteiger partial charge in [-0.3, -0.25) is 4.79 Å². The van der Waals surface area contributed by atoms with Crippen LogP contribution in [0.25, 0.3) is 0 Å². The number of ether oxygens (including phenoxy) is 1. The minimum atomic E-state index is -0.643. The Morgan fingerprint density at radius 1 is 1.35 bits per heavy atom. The van der Waals surface area contributed by atoms with Crippen molar-refractivity contribution in [1.29, 1.82) is 0 Å². The Balaban J connectivity index is 1.97. The van der Waals surface area contributed by atoms with Crippen molar-refractivity contribution in [3.8, 4) is 5.75 Å². The summed E-state index contributed by atoms with van der Waals surface area (Å²) in [5, 5.41) is 2.60. The Morgan fingerprint density at radius 3 is 2.73 bits per heavy atom. The minimum absolute atomic E-state index is 0.0108. The van der Waals surface area contributed by atoms with E-state index in [1.165, 1.54) is 12.1 Å². The Labute approximate surface area is 152 Å². The van der Waals surface area contributed by atoms with Crippen molar-refractivity contribution in [3.05, 3.63) is 63.5 Å². The first kappa shape index (κ1) is 19.7. The van der Waals surface area contributed by atoms with Crippen LogP contribution in [-0.2, 0) is 0 Å². The van der Waals surface area contributed by atoms with Gasteiger partial charge in [-0.1, -0.05) is 32.4 Å². The van der Waals surface area contributed by atoms with Gasteiger partial charge < -0.3 is 14.5 Å². The molecule has 0 bridgehead atoms. The molecule has 0 fully saturated rings. The molecule has 1 aromatic carbocycles. The number of hydrogen-bond acceptors (Lipinski definition) is 4. The highest BCUT2D eigenvalue weighted by molar-refractivity contribution is 5.95. The van der Waals surface area contributed by atoms with E-state index in [1.807, 2.05) is 6.92 Å². The van der Waals surface area contributed by atoms with Crippen LogP contribution in [-0.4, -0.2) is 19.1 Å². The summed E-state index contributed by atoms with van der Waals surface area (Å²) in [6, 6.07) is 7.77. The van der Waals surface area contributed by atoms with E-state index < -0.39 is 17.3 Å². The molecule has 6 heteroatoms. The van der Waals surface area contributed by atoms with Crippen LogP contribution in [0.15, 0.2) is 39.5 Å². The van der Waals surface area contributed by atoms with Gasteiger partial charge in [0.1, 0.15) is 17.9 Å². The number of amides is 1. The molecular formula is C20H24FNO4. The summed E-state index contributed by atoms with van der Waals surface area (Å²) in [7, 11) is 0. The van der Waals surface area contributed by atoms with Gasteiger partial charge in [0.2, 0.25) is 0 Å². The molecule has 1 N–H and O–H groups in total. The smallest absolute Gasteiger partial charge is 0.349 e. The van der Waals surface area contributed by atoms with Crippen LogP contribution >= 0.6 is 0 Å². The lowest BCUT2D eigenvalue weighted by Crippen LogP contribution is -2.32. The molecule has 2 rings (SSSR count). The van der Waals surface area contributed by atoms with E-state index >= 15 is 0 Å². The van der Waals surface area contributed by atoms with Crippen LogP contribution in [0, 0.1) is 12.7 Å². The average Bonchev–Trinajstić information content (AvgIpc) is 2.59. The van der Waals surface area contributed by atoms with Gasteiger partial charge >= 0.3 is 5.63 Å². The average molecular weight is 361 g/mol. The van der Waals surface area contributed by atoms with Crippen molar-refractivity contribution in [1.82, 2.24) is 5.32 Å². The van der Waals surface area contributed by atoms with Crippen molar-refractivity contribution in [2.24, 2.45) is 0 Å². The Hall–Kier alpha value is -2.63. The molecule has 0 aliphatic carbocycles. The lowest BCUT2D eigenvalue weighted by atomic mass is 10.0. The molecule has 1 atom stereocenters. The number of hydrogen-bond donors (Lipinski definition) is 1. The van der Waals surface area contributed by atoms with Crippen molar-refractivity contribution in [2.45, 2.75) is 39.5 Å². The molecule has 1 amide bonds. The summed E-state index contributed by atoms with van der Waals surface area (Å²) in [5.74, 6) is -0.159. The van der Waals surface area contributed by atoms with Gasteiger partial charge in [0.25, 0.3) is 5.91 Å². The fourth-order valence-electron chi connectivity index (χ4n) is 2.70. The van der Waals surface area contributed by atoms with Gasteiger partial charge in [-0.05, 0) is 37.1 Å². The zero-order valence-corrected chi connectivity index (χ0v) is 15.3. The third kappa shape index (κ3) is 4.94. The summed E-state index contributed by atoms with van der Waals surface area (Å²) in [6.07, 6.45) is 1.88. The van der Waals surface area contributed by atoms with E-state index in [1.54, 1.807) is 25.1 Å². The molecule has 2 aromatic rings. The maximum atomic E-state index is 13.4. The molecule has 0 saturated heterocycles. The van der Waals surface area contributed by atoms with E-state index in [9.17, 15) is 14.0 Å². The van der Waals surface area contributed by atoms with E-state index in [2.05, 4.69) is 12.2 Å². The lowest BCUT2D eigenvalue weighted by Gasteiger charge is -2.12. The van der Waals surface area contributed by atoms with Gasteiger partial charge in [-0.25, -0.2) is 9.18 Å². The van der Waals surface area contributed by atoms with E-state index in [0.717, 1.165) is 12.8 Å². The molecule has 0 aliphatic rings. The van der Waals surface area contributed by atoms with E-state index in [4.69, 9.17) is 9.15 Å². The normalized spacial score (nSPS) is 11.8. The van der Waals surface area contributed by atoms with Crippen molar-refractivity contribution in [2.75, 3.05) is 13.2 Å². The Morgan fingerprint density at radius 2 is 2.08 bits per heavy atom. The zero-order chi connectivity index (χ0) is 19.1. The Bertz CT molecular complexity index is 816. The SMILES string of the molecule is CCCC(C)c1cc(C)c(C(=O)NCCOc2ccccc2F)c(=O)o1. The second-order valence-electron chi connectivity index (χ2n) is 6.22. The molecule has 0 saturated carbocycles. The number of aryl methyl sites for hydroxylation is 1. The summed E-state index contributed by atoms with van der Waals surface area (Å²) in [5.41, 5.74) is -0.0782. The summed E-state index contributed by atoms with van der Waals surface area (Å²) >= 11 is 0. The third-order valence-electron chi connectivity index (χ3n) is 4.08. The first-order valence-electron chi connectivity index (χ1n) is 8.74. The van der Waals surface area contributed by atoms with Crippen molar-refractivity contribution < 1.29 is 18.3 Å². The molecule has 0 spiro atoms. The van der Waals surface area contributed by atoms with Gasteiger partial charge in [0.05, 0.1) is 6.54 Å². The maximum absolute atomic E-state index is 13.4. The Kier molecular flexibility index (Phi) is 6.95. The summed E-state index contributed by atoms with van der Waals surface area (Å²) in [6.45, 7) is 5.99. The fourth-order valence-corrected chi connectivity index (χ4v) is 2.70. The molecule has 0 aliphatic heterocycles.